The van der Waals surface area contributed by atoms with Gasteiger partial charge in [-0.3, -0.25) is 4.79 Å². The molecule has 0 aliphatic rings. The summed E-state index contributed by atoms with van der Waals surface area (Å²) in [6, 6.07) is 14.9. The van der Waals surface area contributed by atoms with Crippen LogP contribution in [0.25, 0.3) is 22.4 Å². The predicted molar refractivity (Wildman–Crippen MR) is 109 cm³/mol. The van der Waals surface area contributed by atoms with Crippen molar-refractivity contribution >= 4 is 34.0 Å². The maximum absolute atomic E-state index is 12.6. The number of ether oxygens (including phenoxy) is 1. The summed E-state index contributed by atoms with van der Waals surface area (Å²) in [6.45, 7) is 2.76. The van der Waals surface area contributed by atoms with Crippen LogP contribution in [-0.2, 0) is 0 Å². The summed E-state index contributed by atoms with van der Waals surface area (Å²) in [5.41, 5.74) is 1.58. The largest absolute Gasteiger partial charge is 0.494 e. The molecule has 0 N–H and O–H groups in total. The Balaban J connectivity index is 1.66. The van der Waals surface area contributed by atoms with Crippen molar-refractivity contribution < 1.29 is 4.74 Å². The lowest BCUT2D eigenvalue weighted by Crippen LogP contribution is -2.23. The van der Waals surface area contributed by atoms with E-state index in [0.29, 0.717) is 26.9 Å². The molecule has 0 aliphatic carbocycles. The van der Waals surface area contributed by atoms with Crippen molar-refractivity contribution in [2.45, 2.75) is 13.3 Å². The lowest BCUT2D eigenvalue weighted by atomic mass is 10.2. The van der Waals surface area contributed by atoms with Crippen LogP contribution in [0.2, 0.25) is 5.02 Å². The van der Waals surface area contributed by atoms with Gasteiger partial charge in [0.1, 0.15) is 5.75 Å². The highest BCUT2D eigenvalue weighted by Gasteiger charge is 2.11. The molecular formula is C20H16ClN3O2S. The Bertz CT molecular complexity index is 1180. The Morgan fingerprint density at radius 2 is 1.89 bits per heavy atom. The summed E-state index contributed by atoms with van der Waals surface area (Å²) < 4.78 is 7.52. The molecule has 2 aromatic heterocycles. The molecule has 0 bridgehead atoms. The van der Waals surface area contributed by atoms with E-state index in [1.165, 1.54) is 15.9 Å². The van der Waals surface area contributed by atoms with Crippen LogP contribution in [0.3, 0.4) is 0 Å². The SMILES string of the molecule is CCCOc1ccc(/C=c2\sc3nc(-c4ccc(Cl)cc4)nn3c2=O)cc1. The van der Waals surface area contributed by atoms with Gasteiger partial charge >= 0.3 is 0 Å². The Hall–Kier alpha value is -2.70. The molecule has 0 unspecified atom stereocenters. The van der Waals surface area contributed by atoms with Gasteiger partial charge in [0.25, 0.3) is 5.56 Å². The third kappa shape index (κ3) is 3.72. The van der Waals surface area contributed by atoms with E-state index in [1.807, 2.05) is 42.5 Å². The fraction of sp³-hybridized carbons (Fsp3) is 0.150. The van der Waals surface area contributed by atoms with Gasteiger partial charge in [-0.15, -0.1) is 5.10 Å². The summed E-state index contributed by atoms with van der Waals surface area (Å²) in [7, 11) is 0. The molecular weight excluding hydrogens is 382 g/mol. The summed E-state index contributed by atoms with van der Waals surface area (Å²) in [5, 5.41) is 4.99. The highest BCUT2D eigenvalue weighted by Crippen LogP contribution is 2.19. The number of rotatable bonds is 5. The topological polar surface area (TPSA) is 56.5 Å². The van der Waals surface area contributed by atoms with Crippen molar-refractivity contribution in [3.63, 3.8) is 0 Å². The maximum Gasteiger partial charge on any atom is 0.291 e. The number of fused-ring (bicyclic) bond motifs is 1. The van der Waals surface area contributed by atoms with Crippen LogP contribution in [-0.4, -0.2) is 21.2 Å². The van der Waals surface area contributed by atoms with Crippen molar-refractivity contribution in [1.82, 2.24) is 14.6 Å². The smallest absolute Gasteiger partial charge is 0.291 e. The normalized spacial score (nSPS) is 12.0. The van der Waals surface area contributed by atoms with Crippen molar-refractivity contribution in [3.8, 4) is 17.1 Å². The monoisotopic (exact) mass is 397 g/mol. The average molecular weight is 398 g/mol. The lowest BCUT2D eigenvalue weighted by Gasteiger charge is -2.03. The van der Waals surface area contributed by atoms with Gasteiger partial charge in [-0.1, -0.05) is 42.0 Å². The predicted octanol–water partition coefficient (Wildman–Crippen LogP) is 3.81. The molecule has 0 saturated carbocycles. The molecule has 136 valence electrons. The summed E-state index contributed by atoms with van der Waals surface area (Å²) >= 11 is 7.23. The van der Waals surface area contributed by atoms with E-state index in [-0.39, 0.29) is 5.56 Å². The van der Waals surface area contributed by atoms with Gasteiger partial charge in [0.2, 0.25) is 4.96 Å². The van der Waals surface area contributed by atoms with Crippen LogP contribution < -0.4 is 14.8 Å². The first-order valence-electron chi connectivity index (χ1n) is 8.54. The molecule has 0 radical (unpaired) electrons. The number of aromatic nitrogens is 3. The standard InChI is InChI=1S/C20H16ClN3O2S/c1-2-11-26-16-9-3-13(4-10-16)12-17-19(25)24-20(27-17)22-18(23-24)14-5-7-15(21)8-6-14/h3-10,12H,2,11H2,1H3/b17-12-. The third-order valence-electron chi connectivity index (χ3n) is 3.93. The fourth-order valence-electron chi connectivity index (χ4n) is 2.59. The van der Waals surface area contributed by atoms with Gasteiger partial charge in [-0.2, -0.15) is 9.50 Å². The first-order valence-corrected chi connectivity index (χ1v) is 9.73. The molecule has 0 fully saturated rings. The van der Waals surface area contributed by atoms with Crippen molar-refractivity contribution in [3.05, 3.63) is 74.0 Å². The lowest BCUT2D eigenvalue weighted by molar-refractivity contribution is 0.317. The van der Waals surface area contributed by atoms with Crippen molar-refractivity contribution in [1.29, 1.82) is 0 Å². The van der Waals surface area contributed by atoms with Crippen LogP contribution in [0.4, 0.5) is 0 Å². The van der Waals surface area contributed by atoms with Crippen LogP contribution in [0.1, 0.15) is 18.9 Å². The van der Waals surface area contributed by atoms with Crippen LogP contribution in [0, 0.1) is 0 Å². The van der Waals surface area contributed by atoms with Crippen molar-refractivity contribution in [2.75, 3.05) is 6.61 Å². The minimum atomic E-state index is -0.172. The first-order chi connectivity index (χ1) is 13.1. The Kier molecular flexibility index (Phi) is 4.92. The number of nitrogens with zero attached hydrogens (tertiary/aromatic N) is 3. The van der Waals surface area contributed by atoms with E-state index in [1.54, 1.807) is 12.1 Å². The second kappa shape index (κ2) is 7.50. The fourth-order valence-corrected chi connectivity index (χ4v) is 3.62. The molecule has 4 rings (SSSR count). The van der Waals surface area contributed by atoms with Gasteiger partial charge in [-0.05, 0) is 54.5 Å². The van der Waals surface area contributed by atoms with E-state index >= 15 is 0 Å². The highest BCUT2D eigenvalue weighted by atomic mass is 35.5. The Morgan fingerprint density at radius 3 is 2.56 bits per heavy atom. The zero-order valence-electron chi connectivity index (χ0n) is 14.6. The maximum atomic E-state index is 12.6. The number of hydrogen-bond donors (Lipinski definition) is 0. The second-order valence-corrected chi connectivity index (χ2v) is 7.42. The average Bonchev–Trinajstić information content (AvgIpc) is 3.22. The van der Waals surface area contributed by atoms with E-state index in [9.17, 15) is 4.79 Å². The third-order valence-corrected chi connectivity index (χ3v) is 5.15. The van der Waals surface area contributed by atoms with Crippen molar-refractivity contribution in [2.24, 2.45) is 0 Å². The molecule has 0 atom stereocenters. The minimum absolute atomic E-state index is 0.172. The molecule has 4 aromatic rings. The molecule has 0 spiro atoms. The van der Waals surface area contributed by atoms with Gasteiger partial charge in [0.05, 0.1) is 11.1 Å². The van der Waals surface area contributed by atoms with Crippen LogP contribution in [0.5, 0.6) is 5.75 Å². The molecule has 0 amide bonds. The zero-order valence-corrected chi connectivity index (χ0v) is 16.1. The number of thiazole rings is 1. The van der Waals surface area contributed by atoms with Gasteiger partial charge in [0, 0.05) is 10.6 Å². The van der Waals surface area contributed by atoms with Crippen LogP contribution in [0.15, 0.2) is 53.3 Å². The zero-order chi connectivity index (χ0) is 18.8. The Morgan fingerprint density at radius 1 is 1.15 bits per heavy atom. The van der Waals surface area contributed by atoms with E-state index in [2.05, 4.69) is 17.0 Å². The first kappa shape index (κ1) is 17.7. The summed E-state index contributed by atoms with van der Waals surface area (Å²) in [5.74, 6) is 1.34. The number of benzene rings is 2. The molecule has 0 saturated heterocycles. The molecule has 7 heteroatoms. The van der Waals surface area contributed by atoms with Gasteiger partial charge < -0.3 is 4.74 Å². The second-order valence-electron chi connectivity index (χ2n) is 5.97. The molecule has 5 nitrogen and oxygen atoms in total. The van der Waals surface area contributed by atoms with E-state index < -0.39 is 0 Å². The molecule has 0 aliphatic heterocycles. The van der Waals surface area contributed by atoms with Gasteiger partial charge in [0.15, 0.2) is 5.82 Å². The van der Waals surface area contributed by atoms with Gasteiger partial charge in [-0.25, -0.2) is 0 Å². The molecule has 27 heavy (non-hydrogen) atoms. The quantitative estimate of drug-likeness (QED) is 0.514. The van der Waals surface area contributed by atoms with E-state index in [4.69, 9.17) is 16.3 Å². The molecule has 2 aromatic carbocycles. The highest BCUT2D eigenvalue weighted by molar-refractivity contribution is 7.15. The van der Waals surface area contributed by atoms with E-state index in [0.717, 1.165) is 23.3 Å². The number of halogens is 1. The minimum Gasteiger partial charge on any atom is -0.494 e. The summed E-state index contributed by atoms with van der Waals surface area (Å²) in [6.07, 6.45) is 2.81. The van der Waals surface area contributed by atoms with Crippen LogP contribution >= 0.6 is 22.9 Å². The number of hydrogen-bond acceptors (Lipinski definition) is 5. The Labute approximate surface area is 164 Å². The summed E-state index contributed by atoms with van der Waals surface area (Å²) in [4.78, 5) is 17.7. The molecule has 2 heterocycles.